The fraction of sp³-hybridized carbons (Fsp3) is 0.688. The number of hydrogen-bond donors (Lipinski definition) is 1. The molecule has 3 rings (SSSR count). The second kappa shape index (κ2) is 4.78. The molecule has 0 aromatic carbocycles. The average Bonchev–Trinajstić information content (AvgIpc) is 3.09. The van der Waals surface area contributed by atoms with Crippen molar-refractivity contribution < 1.29 is 0 Å². The van der Waals surface area contributed by atoms with Gasteiger partial charge in [0.15, 0.2) is 0 Å². The van der Waals surface area contributed by atoms with E-state index in [2.05, 4.69) is 43.1 Å². The van der Waals surface area contributed by atoms with Crippen LogP contribution in [0.1, 0.15) is 50.8 Å². The predicted octanol–water partition coefficient (Wildman–Crippen LogP) is 3.02. The molecule has 104 valence electrons. The maximum atomic E-state index is 4.75. The van der Waals surface area contributed by atoms with E-state index in [0.29, 0.717) is 0 Å². The second-order valence-corrected chi connectivity index (χ2v) is 6.70. The molecule has 2 heterocycles. The smallest absolute Gasteiger partial charge is 0.129 e. The maximum Gasteiger partial charge on any atom is 0.129 e. The molecule has 2 aliphatic rings. The molecule has 19 heavy (non-hydrogen) atoms. The van der Waals surface area contributed by atoms with Crippen LogP contribution in [0.4, 0.5) is 5.82 Å². The minimum atomic E-state index is 0.252. The summed E-state index contributed by atoms with van der Waals surface area (Å²) in [7, 11) is 0. The maximum absolute atomic E-state index is 4.75. The first-order valence-electron chi connectivity index (χ1n) is 7.53. The molecule has 0 bridgehead atoms. The summed E-state index contributed by atoms with van der Waals surface area (Å²) < 4.78 is 0. The van der Waals surface area contributed by atoms with Gasteiger partial charge in [0.2, 0.25) is 0 Å². The van der Waals surface area contributed by atoms with Gasteiger partial charge in [-0.05, 0) is 64.2 Å². The standard InChI is InChI=1S/C16H25N3/c1-12-9-13(11-17-14-5-6-14)10-15(18-12)19-8-4-7-16(19,2)3/h9-10,14,17H,4-8,11H2,1-3H3. The number of aromatic nitrogens is 1. The van der Waals surface area contributed by atoms with Crippen LogP contribution in [0.15, 0.2) is 12.1 Å². The Morgan fingerprint density at radius 2 is 2.16 bits per heavy atom. The SMILES string of the molecule is Cc1cc(CNC2CC2)cc(N2CCCC2(C)C)n1. The van der Waals surface area contributed by atoms with Crippen molar-refractivity contribution in [3.8, 4) is 0 Å². The van der Waals surface area contributed by atoms with E-state index in [0.717, 1.165) is 30.6 Å². The number of anilines is 1. The molecule has 0 atom stereocenters. The molecular weight excluding hydrogens is 234 g/mol. The lowest BCUT2D eigenvalue weighted by atomic mass is 10.0. The highest BCUT2D eigenvalue weighted by Crippen LogP contribution is 2.33. The van der Waals surface area contributed by atoms with Crippen LogP contribution < -0.4 is 10.2 Å². The van der Waals surface area contributed by atoms with Crippen molar-refractivity contribution in [2.45, 2.75) is 64.6 Å². The van der Waals surface area contributed by atoms with Crippen LogP contribution in [0, 0.1) is 6.92 Å². The molecule has 3 nitrogen and oxygen atoms in total. The molecule has 0 unspecified atom stereocenters. The third-order valence-corrected chi connectivity index (χ3v) is 4.35. The highest BCUT2D eigenvalue weighted by atomic mass is 15.3. The Balaban J connectivity index is 1.80. The van der Waals surface area contributed by atoms with E-state index in [9.17, 15) is 0 Å². The summed E-state index contributed by atoms with van der Waals surface area (Å²) in [4.78, 5) is 7.23. The first-order valence-corrected chi connectivity index (χ1v) is 7.53. The van der Waals surface area contributed by atoms with E-state index in [-0.39, 0.29) is 5.54 Å². The van der Waals surface area contributed by atoms with Crippen LogP contribution in [0.25, 0.3) is 0 Å². The van der Waals surface area contributed by atoms with E-state index < -0.39 is 0 Å². The Bertz CT molecular complexity index is 463. The molecule has 1 aromatic heterocycles. The van der Waals surface area contributed by atoms with Gasteiger partial charge >= 0.3 is 0 Å². The molecule has 1 saturated heterocycles. The highest BCUT2D eigenvalue weighted by Gasteiger charge is 2.33. The summed E-state index contributed by atoms with van der Waals surface area (Å²) >= 11 is 0. The lowest BCUT2D eigenvalue weighted by molar-refractivity contribution is 0.514. The summed E-state index contributed by atoms with van der Waals surface area (Å²) in [6.07, 6.45) is 5.22. The van der Waals surface area contributed by atoms with Crippen molar-refractivity contribution in [1.29, 1.82) is 0 Å². The van der Waals surface area contributed by atoms with Gasteiger partial charge in [-0.25, -0.2) is 4.98 Å². The zero-order chi connectivity index (χ0) is 13.5. The average molecular weight is 259 g/mol. The number of hydrogen-bond acceptors (Lipinski definition) is 3. The summed E-state index contributed by atoms with van der Waals surface area (Å²) in [6.45, 7) is 8.87. The van der Waals surface area contributed by atoms with Crippen LogP contribution in [0.2, 0.25) is 0 Å². The van der Waals surface area contributed by atoms with Crippen molar-refractivity contribution in [3.05, 3.63) is 23.4 Å². The van der Waals surface area contributed by atoms with Gasteiger partial charge in [0.1, 0.15) is 5.82 Å². The monoisotopic (exact) mass is 259 g/mol. The topological polar surface area (TPSA) is 28.2 Å². The highest BCUT2D eigenvalue weighted by molar-refractivity contribution is 5.46. The molecule has 1 N–H and O–H groups in total. The quantitative estimate of drug-likeness (QED) is 0.901. The predicted molar refractivity (Wildman–Crippen MR) is 79.5 cm³/mol. The first-order chi connectivity index (χ1) is 9.04. The second-order valence-electron chi connectivity index (χ2n) is 6.70. The molecule has 1 aromatic rings. The van der Waals surface area contributed by atoms with E-state index in [1.807, 2.05) is 0 Å². The van der Waals surface area contributed by atoms with Gasteiger partial charge in [-0.2, -0.15) is 0 Å². The van der Waals surface area contributed by atoms with E-state index in [1.54, 1.807) is 0 Å². The first kappa shape index (κ1) is 12.9. The Morgan fingerprint density at radius 3 is 2.79 bits per heavy atom. The fourth-order valence-corrected chi connectivity index (χ4v) is 3.04. The fourth-order valence-electron chi connectivity index (χ4n) is 3.04. The van der Waals surface area contributed by atoms with Gasteiger partial charge in [0.05, 0.1) is 0 Å². The number of nitrogens with one attached hydrogen (secondary N) is 1. The van der Waals surface area contributed by atoms with Crippen molar-refractivity contribution in [1.82, 2.24) is 10.3 Å². The summed E-state index contributed by atoms with van der Waals surface area (Å²) in [6, 6.07) is 5.25. The zero-order valence-corrected chi connectivity index (χ0v) is 12.4. The van der Waals surface area contributed by atoms with E-state index >= 15 is 0 Å². The lowest BCUT2D eigenvalue weighted by Gasteiger charge is -2.33. The Kier molecular flexibility index (Phi) is 3.25. The third kappa shape index (κ3) is 2.92. The lowest BCUT2D eigenvalue weighted by Crippen LogP contribution is -2.38. The molecule has 0 spiro atoms. The number of rotatable bonds is 4. The molecule has 1 aliphatic heterocycles. The molecule has 1 aliphatic carbocycles. The summed E-state index contributed by atoms with van der Waals surface area (Å²) in [5.41, 5.74) is 2.76. The summed E-state index contributed by atoms with van der Waals surface area (Å²) in [5, 5.41) is 3.59. The van der Waals surface area contributed by atoms with E-state index in [1.165, 1.54) is 31.2 Å². The number of aryl methyl sites for hydroxylation is 1. The Morgan fingerprint density at radius 1 is 1.37 bits per heavy atom. The van der Waals surface area contributed by atoms with Crippen LogP contribution in [-0.2, 0) is 6.54 Å². The van der Waals surface area contributed by atoms with Gasteiger partial charge in [0, 0.05) is 30.4 Å². The number of nitrogens with zero attached hydrogens (tertiary/aromatic N) is 2. The van der Waals surface area contributed by atoms with Crippen molar-refractivity contribution in [2.75, 3.05) is 11.4 Å². The van der Waals surface area contributed by atoms with Gasteiger partial charge in [-0.15, -0.1) is 0 Å². The minimum absolute atomic E-state index is 0.252. The molecule has 0 amide bonds. The van der Waals surface area contributed by atoms with Crippen LogP contribution in [-0.4, -0.2) is 23.1 Å². The molecule has 2 fully saturated rings. The van der Waals surface area contributed by atoms with Gasteiger partial charge in [0.25, 0.3) is 0 Å². The van der Waals surface area contributed by atoms with E-state index in [4.69, 9.17) is 4.98 Å². The molecule has 3 heteroatoms. The Labute approximate surface area is 116 Å². The molecular formula is C16H25N3. The van der Waals surface area contributed by atoms with Crippen molar-refractivity contribution >= 4 is 5.82 Å². The Hall–Kier alpha value is -1.09. The van der Waals surface area contributed by atoms with Crippen molar-refractivity contribution in [2.24, 2.45) is 0 Å². The normalized spacial score (nSPS) is 21.9. The van der Waals surface area contributed by atoms with Gasteiger partial charge in [-0.3, -0.25) is 0 Å². The summed E-state index contributed by atoms with van der Waals surface area (Å²) in [5.74, 6) is 1.16. The van der Waals surface area contributed by atoms with Crippen molar-refractivity contribution in [3.63, 3.8) is 0 Å². The van der Waals surface area contributed by atoms with Gasteiger partial charge < -0.3 is 10.2 Å². The van der Waals surface area contributed by atoms with Crippen LogP contribution in [0.5, 0.6) is 0 Å². The van der Waals surface area contributed by atoms with Crippen LogP contribution >= 0.6 is 0 Å². The molecule has 0 radical (unpaired) electrons. The largest absolute Gasteiger partial charge is 0.351 e. The van der Waals surface area contributed by atoms with Crippen LogP contribution in [0.3, 0.4) is 0 Å². The third-order valence-electron chi connectivity index (χ3n) is 4.35. The zero-order valence-electron chi connectivity index (χ0n) is 12.4. The number of pyridine rings is 1. The minimum Gasteiger partial charge on any atom is -0.351 e. The molecule has 1 saturated carbocycles. The van der Waals surface area contributed by atoms with Gasteiger partial charge in [-0.1, -0.05) is 0 Å².